The fourth-order valence-corrected chi connectivity index (χ4v) is 2.76. The van der Waals surface area contributed by atoms with Crippen LogP contribution in [0.2, 0.25) is 5.02 Å². The number of nitrogens with one attached hydrogen (secondary N) is 1. The smallest absolute Gasteiger partial charge is 0.247 e. The number of halogens is 1. The molecule has 1 aromatic heterocycles. The van der Waals surface area contributed by atoms with Crippen LogP contribution < -0.4 is 5.32 Å². The van der Waals surface area contributed by atoms with Gasteiger partial charge in [0.2, 0.25) is 11.7 Å². The molecule has 0 saturated carbocycles. The predicted molar refractivity (Wildman–Crippen MR) is 101 cm³/mol. The number of tetrazole rings is 1. The number of hydrogen-bond donors (Lipinski definition) is 1. The molecule has 3 aromatic rings. The maximum absolute atomic E-state index is 12.6. The summed E-state index contributed by atoms with van der Waals surface area (Å²) < 4.78 is 0. The van der Waals surface area contributed by atoms with Gasteiger partial charge in [0.1, 0.15) is 0 Å². The van der Waals surface area contributed by atoms with Crippen LogP contribution in [0.25, 0.3) is 11.4 Å². The third-order valence-corrected chi connectivity index (χ3v) is 4.47. The van der Waals surface area contributed by atoms with E-state index >= 15 is 0 Å². The minimum atomic E-state index is -0.507. The lowest BCUT2D eigenvalue weighted by Crippen LogP contribution is -2.33. The van der Waals surface area contributed by atoms with Gasteiger partial charge in [0, 0.05) is 17.1 Å². The molecule has 0 aliphatic heterocycles. The summed E-state index contributed by atoms with van der Waals surface area (Å²) in [5, 5.41) is 16.1. The van der Waals surface area contributed by atoms with Gasteiger partial charge in [0.15, 0.2) is 6.04 Å². The maximum Gasteiger partial charge on any atom is 0.247 e. The number of benzene rings is 2. The van der Waals surface area contributed by atoms with E-state index in [0.29, 0.717) is 23.8 Å². The highest BCUT2D eigenvalue weighted by Gasteiger charge is 2.21. The van der Waals surface area contributed by atoms with Crippen LogP contribution in [0.3, 0.4) is 0 Å². The summed E-state index contributed by atoms with van der Waals surface area (Å²) in [5.41, 5.74) is 3.03. The van der Waals surface area contributed by atoms with Crippen LogP contribution in [0.5, 0.6) is 0 Å². The van der Waals surface area contributed by atoms with E-state index in [1.165, 1.54) is 4.80 Å². The van der Waals surface area contributed by atoms with Gasteiger partial charge in [-0.25, -0.2) is 0 Å². The van der Waals surface area contributed by atoms with Crippen molar-refractivity contribution in [2.45, 2.75) is 32.9 Å². The highest BCUT2D eigenvalue weighted by atomic mass is 35.5. The number of amides is 1. The van der Waals surface area contributed by atoms with Crippen molar-refractivity contribution in [2.24, 2.45) is 0 Å². The van der Waals surface area contributed by atoms with Crippen molar-refractivity contribution in [3.63, 3.8) is 0 Å². The SMILES string of the molecule is CCC(C(=O)NCc1ccccc1C)n1nnc(-c2ccc(Cl)cc2)n1. The molecule has 0 aliphatic rings. The number of nitrogens with zero attached hydrogens (tertiary/aromatic N) is 4. The number of rotatable bonds is 6. The largest absolute Gasteiger partial charge is 0.350 e. The van der Waals surface area contributed by atoms with E-state index in [-0.39, 0.29) is 5.91 Å². The van der Waals surface area contributed by atoms with Gasteiger partial charge in [-0.2, -0.15) is 4.80 Å². The quantitative estimate of drug-likeness (QED) is 0.720. The van der Waals surface area contributed by atoms with E-state index in [0.717, 1.165) is 16.7 Å². The second-order valence-electron chi connectivity index (χ2n) is 6.01. The van der Waals surface area contributed by atoms with Crippen LogP contribution in [0.15, 0.2) is 48.5 Å². The summed E-state index contributed by atoms with van der Waals surface area (Å²) >= 11 is 5.90. The van der Waals surface area contributed by atoms with Crippen molar-refractivity contribution in [1.29, 1.82) is 0 Å². The zero-order chi connectivity index (χ0) is 18.5. The van der Waals surface area contributed by atoms with Gasteiger partial charge in [0.25, 0.3) is 0 Å². The van der Waals surface area contributed by atoms with Gasteiger partial charge < -0.3 is 5.32 Å². The Morgan fingerprint density at radius 3 is 2.62 bits per heavy atom. The lowest BCUT2D eigenvalue weighted by molar-refractivity contribution is -0.125. The Kier molecular flexibility index (Phi) is 5.63. The normalized spacial score (nSPS) is 12.0. The molecular weight excluding hydrogens is 350 g/mol. The molecule has 1 amide bonds. The summed E-state index contributed by atoms with van der Waals surface area (Å²) in [7, 11) is 0. The number of aryl methyl sites for hydroxylation is 1. The molecule has 1 atom stereocenters. The molecular formula is C19H20ClN5O. The van der Waals surface area contributed by atoms with E-state index in [1.54, 1.807) is 12.1 Å². The first-order valence-corrected chi connectivity index (χ1v) is 8.84. The number of aromatic nitrogens is 4. The van der Waals surface area contributed by atoms with Gasteiger partial charge in [-0.1, -0.05) is 42.8 Å². The molecule has 0 saturated heterocycles. The van der Waals surface area contributed by atoms with Gasteiger partial charge >= 0.3 is 0 Å². The van der Waals surface area contributed by atoms with Gasteiger partial charge in [-0.3, -0.25) is 4.79 Å². The topological polar surface area (TPSA) is 72.7 Å². The van der Waals surface area contributed by atoms with Crippen LogP contribution in [-0.4, -0.2) is 26.1 Å². The molecule has 0 aliphatic carbocycles. The van der Waals surface area contributed by atoms with Gasteiger partial charge in [-0.15, -0.1) is 10.2 Å². The molecule has 1 unspecified atom stereocenters. The number of hydrogen-bond acceptors (Lipinski definition) is 4. The minimum absolute atomic E-state index is 0.129. The van der Waals surface area contributed by atoms with E-state index in [4.69, 9.17) is 11.6 Å². The molecule has 0 bridgehead atoms. The van der Waals surface area contributed by atoms with Crippen LogP contribution >= 0.6 is 11.6 Å². The molecule has 134 valence electrons. The van der Waals surface area contributed by atoms with Crippen LogP contribution in [0.4, 0.5) is 0 Å². The van der Waals surface area contributed by atoms with Crippen molar-refractivity contribution in [3.05, 3.63) is 64.7 Å². The van der Waals surface area contributed by atoms with Crippen molar-refractivity contribution >= 4 is 17.5 Å². The second-order valence-corrected chi connectivity index (χ2v) is 6.45. The first-order valence-electron chi connectivity index (χ1n) is 8.46. The fourth-order valence-electron chi connectivity index (χ4n) is 2.63. The van der Waals surface area contributed by atoms with Crippen LogP contribution in [0, 0.1) is 6.92 Å². The molecule has 0 spiro atoms. The van der Waals surface area contributed by atoms with Crippen molar-refractivity contribution < 1.29 is 4.79 Å². The monoisotopic (exact) mass is 369 g/mol. The lowest BCUT2D eigenvalue weighted by atomic mass is 10.1. The van der Waals surface area contributed by atoms with E-state index in [1.807, 2.05) is 50.2 Å². The third-order valence-electron chi connectivity index (χ3n) is 4.21. The Morgan fingerprint density at radius 1 is 1.19 bits per heavy atom. The van der Waals surface area contributed by atoms with E-state index < -0.39 is 6.04 Å². The summed E-state index contributed by atoms with van der Waals surface area (Å²) in [5.74, 6) is 0.336. The molecule has 0 fully saturated rings. The highest BCUT2D eigenvalue weighted by Crippen LogP contribution is 2.18. The standard InChI is InChI=1S/C19H20ClN5O/c1-3-17(19(26)21-12-15-7-5-4-6-13(15)2)25-23-18(22-24-25)14-8-10-16(20)11-9-14/h4-11,17H,3,12H2,1-2H3,(H,21,26). The Balaban J connectivity index is 1.71. The first-order chi connectivity index (χ1) is 12.6. The lowest BCUT2D eigenvalue weighted by Gasteiger charge is -2.14. The second kappa shape index (κ2) is 8.10. The first kappa shape index (κ1) is 18.1. The zero-order valence-corrected chi connectivity index (χ0v) is 15.4. The Labute approximate surface area is 157 Å². The average Bonchev–Trinajstić information content (AvgIpc) is 3.12. The summed E-state index contributed by atoms with van der Waals surface area (Å²) in [6.45, 7) is 4.42. The Bertz CT molecular complexity index is 891. The van der Waals surface area contributed by atoms with E-state index in [2.05, 4.69) is 20.7 Å². The molecule has 26 heavy (non-hydrogen) atoms. The minimum Gasteiger partial charge on any atom is -0.350 e. The van der Waals surface area contributed by atoms with Gasteiger partial charge in [0.05, 0.1) is 0 Å². The van der Waals surface area contributed by atoms with Crippen molar-refractivity contribution in [1.82, 2.24) is 25.5 Å². The van der Waals surface area contributed by atoms with Gasteiger partial charge in [-0.05, 0) is 54.0 Å². The summed E-state index contributed by atoms with van der Waals surface area (Å²) in [4.78, 5) is 14.0. The Hall–Kier alpha value is -2.73. The van der Waals surface area contributed by atoms with Crippen molar-refractivity contribution in [3.8, 4) is 11.4 Å². The van der Waals surface area contributed by atoms with Crippen molar-refractivity contribution in [2.75, 3.05) is 0 Å². The van der Waals surface area contributed by atoms with E-state index in [9.17, 15) is 4.79 Å². The average molecular weight is 370 g/mol. The Morgan fingerprint density at radius 2 is 1.92 bits per heavy atom. The predicted octanol–water partition coefficient (Wildman–Crippen LogP) is 3.57. The molecule has 7 heteroatoms. The molecule has 3 rings (SSSR count). The highest BCUT2D eigenvalue weighted by molar-refractivity contribution is 6.30. The number of carbonyl (C=O) groups excluding carboxylic acids is 1. The van der Waals surface area contributed by atoms with Crippen LogP contribution in [0.1, 0.15) is 30.5 Å². The zero-order valence-electron chi connectivity index (χ0n) is 14.7. The molecule has 1 N–H and O–H groups in total. The number of carbonyl (C=O) groups is 1. The molecule has 1 heterocycles. The fraction of sp³-hybridized carbons (Fsp3) is 0.263. The molecule has 0 radical (unpaired) electrons. The van der Waals surface area contributed by atoms with Crippen LogP contribution in [-0.2, 0) is 11.3 Å². The summed E-state index contributed by atoms with van der Waals surface area (Å²) in [6, 6.07) is 14.6. The summed E-state index contributed by atoms with van der Waals surface area (Å²) in [6.07, 6.45) is 0.565. The molecule has 2 aromatic carbocycles. The molecule has 6 nitrogen and oxygen atoms in total. The third kappa shape index (κ3) is 4.08. The maximum atomic E-state index is 12.6.